The normalized spacial score (nSPS) is 16.2. The van der Waals surface area contributed by atoms with Gasteiger partial charge in [-0.2, -0.15) is 0 Å². The van der Waals surface area contributed by atoms with Crippen molar-refractivity contribution in [1.29, 1.82) is 0 Å². The van der Waals surface area contributed by atoms with E-state index >= 15 is 0 Å². The van der Waals surface area contributed by atoms with E-state index in [-0.39, 0.29) is 17.7 Å². The number of nitrogens with zero attached hydrogens (tertiary/aromatic N) is 2. The molecule has 0 saturated carbocycles. The van der Waals surface area contributed by atoms with Crippen LogP contribution in [0.25, 0.3) is 0 Å². The molecule has 0 N–H and O–H groups in total. The van der Waals surface area contributed by atoms with Crippen molar-refractivity contribution in [1.82, 2.24) is 9.80 Å². The first-order valence-electron chi connectivity index (χ1n) is 10.8. The van der Waals surface area contributed by atoms with Crippen molar-refractivity contribution in [2.24, 2.45) is 0 Å². The number of benzene rings is 3. The van der Waals surface area contributed by atoms with Crippen LogP contribution in [0.5, 0.6) is 5.75 Å². The summed E-state index contributed by atoms with van der Waals surface area (Å²) in [6.07, 6.45) is 0.449. The van der Waals surface area contributed by atoms with E-state index in [4.69, 9.17) is 16.3 Å². The minimum atomic E-state index is -0.353. The number of hydrogen-bond donors (Lipinski definition) is 0. The van der Waals surface area contributed by atoms with Gasteiger partial charge >= 0.3 is 0 Å². The Balaban J connectivity index is 1.36. The van der Waals surface area contributed by atoms with Gasteiger partial charge in [-0.25, -0.2) is 4.39 Å². The quantitative estimate of drug-likeness (QED) is 0.441. The molecule has 0 aliphatic carbocycles. The summed E-state index contributed by atoms with van der Waals surface area (Å²) in [5.41, 5.74) is 2.25. The molecule has 3 nitrogen and oxygen atoms in total. The number of halogens is 2. The number of piperazine rings is 1. The van der Waals surface area contributed by atoms with Gasteiger partial charge < -0.3 is 9.64 Å². The molecule has 31 heavy (non-hydrogen) atoms. The molecule has 1 aliphatic heterocycles. The van der Waals surface area contributed by atoms with Crippen LogP contribution in [-0.2, 0) is 6.54 Å². The van der Waals surface area contributed by atoms with E-state index in [0.29, 0.717) is 5.02 Å². The fourth-order valence-corrected chi connectivity index (χ4v) is 4.28. The molecule has 162 valence electrons. The maximum absolute atomic E-state index is 14.2. The van der Waals surface area contributed by atoms with E-state index in [2.05, 4.69) is 40.1 Å². The van der Waals surface area contributed by atoms with Crippen molar-refractivity contribution in [2.75, 3.05) is 32.7 Å². The van der Waals surface area contributed by atoms with E-state index in [1.807, 2.05) is 24.3 Å². The second-order valence-corrected chi connectivity index (χ2v) is 8.36. The summed E-state index contributed by atoms with van der Waals surface area (Å²) in [4.78, 5) is 4.95. The van der Waals surface area contributed by atoms with E-state index < -0.39 is 0 Å². The van der Waals surface area contributed by atoms with Crippen LogP contribution in [0.2, 0.25) is 5.02 Å². The van der Waals surface area contributed by atoms with Crippen molar-refractivity contribution in [3.63, 3.8) is 0 Å². The van der Waals surface area contributed by atoms with E-state index in [0.717, 1.165) is 51.3 Å². The van der Waals surface area contributed by atoms with Crippen molar-refractivity contribution >= 4 is 11.6 Å². The van der Waals surface area contributed by atoms with E-state index in [1.165, 1.54) is 11.6 Å². The zero-order valence-electron chi connectivity index (χ0n) is 17.6. The second kappa shape index (κ2) is 10.8. The highest BCUT2D eigenvalue weighted by molar-refractivity contribution is 6.31. The average Bonchev–Trinajstić information content (AvgIpc) is 2.80. The van der Waals surface area contributed by atoms with Crippen LogP contribution in [0.3, 0.4) is 0 Å². The molecule has 1 aliphatic rings. The Labute approximate surface area is 189 Å². The first kappa shape index (κ1) is 21.8. The standard InChI is InChI=1S/C26H28ClFN2O/c27-23-11-5-4-10-22(23)25(31-26-13-7-6-12-24(26)28)14-15-29-16-18-30(19-17-29)20-21-8-2-1-3-9-21/h1-13,25H,14-20H2/t25-/m1/s1. The van der Waals surface area contributed by atoms with Gasteiger partial charge in [-0.05, 0) is 23.8 Å². The van der Waals surface area contributed by atoms with Crippen molar-refractivity contribution < 1.29 is 9.13 Å². The molecule has 5 heteroatoms. The molecule has 1 saturated heterocycles. The van der Waals surface area contributed by atoms with Crippen LogP contribution < -0.4 is 4.74 Å². The molecule has 3 aromatic rings. The molecule has 3 aromatic carbocycles. The number of ether oxygens (including phenoxy) is 1. The third kappa shape index (κ3) is 6.07. The first-order chi connectivity index (χ1) is 15.2. The van der Waals surface area contributed by atoms with Crippen LogP contribution in [0, 0.1) is 5.82 Å². The van der Waals surface area contributed by atoms with Gasteiger partial charge in [0.25, 0.3) is 0 Å². The highest BCUT2D eigenvalue weighted by Gasteiger charge is 2.22. The lowest BCUT2D eigenvalue weighted by Crippen LogP contribution is -2.46. The highest BCUT2D eigenvalue weighted by Crippen LogP contribution is 2.31. The lowest BCUT2D eigenvalue weighted by Gasteiger charge is -2.35. The summed E-state index contributed by atoms with van der Waals surface area (Å²) >= 11 is 6.45. The lowest BCUT2D eigenvalue weighted by molar-refractivity contribution is 0.105. The molecule has 4 rings (SSSR count). The third-order valence-electron chi connectivity index (χ3n) is 5.78. The van der Waals surface area contributed by atoms with Crippen LogP contribution in [0.1, 0.15) is 23.7 Å². The molecular weight excluding hydrogens is 411 g/mol. The lowest BCUT2D eigenvalue weighted by atomic mass is 10.1. The Morgan fingerprint density at radius 2 is 1.45 bits per heavy atom. The number of rotatable bonds is 8. The highest BCUT2D eigenvalue weighted by atomic mass is 35.5. The molecule has 1 heterocycles. The summed E-state index contributed by atoms with van der Waals surface area (Å²) < 4.78 is 20.3. The van der Waals surface area contributed by atoms with Crippen LogP contribution in [-0.4, -0.2) is 42.5 Å². The Kier molecular flexibility index (Phi) is 7.57. The third-order valence-corrected chi connectivity index (χ3v) is 6.12. The van der Waals surface area contributed by atoms with Gasteiger partial charge in [0.1, 0.15) is 6.10 Å². The Bertz CT molecular complexity index is 960. The Morgan fingerprint density at radius 1 is 0.806 bits per heavy atom. The maximum Gasteiger partial charge on any atom is 0.165 e. The molecule has 0 unspecified atom stereocenters. The molecule has 0 aromatic heterocycles. The average molecular weight is 439 g/mol. The smallest absolute Gasteiger partial charge is 0.165 e. The summed E-state index contributed by atoms with van der Waals surface area (Å²) in [7, 11) is 0. The van der Waals surface area contributed by atoms with Crippen LogP contribution in [0.15, 0.2) is 78.9 Å². The number of para-hydroxylation sites is 1. The van der Waals surface area contributed by atoms with Gasteiger partial charge in [0.2, 0.25) is 0 Å². The minimum Gasteiger partial charge on any atom is -0.483 e. The molecule has 1 fully saturated rings. The molecule has 1 atom stereocenters. The fraction of sp³-hybridized carbons (Fsp3) is 0.308. The SMILES string of the molecule is Fc1ccccc1O[C@H](CCN1CCN(Cc2ccccc2)CC1)c1ccccc1Cl. The molecule has 0 spiro atoms. The van der Waals surface area contributed by atoms with Gasteiger partial charge in [0.05, 0.1) is 0 Å². The topological polar surface area (TPSA) is 15.7 Å². The fourth-order valence-electron chi connectivity index (χ4n) is 4.02. The zero-order valence-corrected chi connectivity index (χ0v) is 18.3. The molecule has 0 radical (unpaired) electrons. The molecule has 0 bridgehead atoms. The Morgan fingerprint density at radius 3 is 2.19 bits per heavy atom. The summed E-state index contributed by atoms with van der Waals surface area (Å²) in [5.74, 6) is -0.0887. The van der Waals surface area contributed by atoms with Crippen LogP contribution in [0.4, 0.5) is 4.39 Å². The van der Waals surface area contributed by atoms with Crippen LogP contribution >= 0.6 is 11.6 Å². The van der Waals surface area contributed by atoms with Gasteiger partial charge in [0.15, 0.2) is 11.6 Å². The van der Waals surface area contributed by atoms with Crippen molar-refractivity contribution in [3.05, 3.63) is 101 Å². The zero-order chi connectivity index (χ0) is 21.5. The predicted octanol–water partition coefficient (Wildman–Crippen LogP) is 5.81. The monoisotopic (exact) mass is 438 g/mol. The second-order valence-electron chi connectivity index (χ2n) is 7.95. The van der Waals surface area contributed by atoms with Crippen molar-refractivity contribution in [2.45, 2.75) is 19.1 Å². The van der Waals surface area contributed by atoms with Gasteiger partial charge in [0, 0.05) is 56.3 Å². The van der Waals surface area contributed by atoms with Crippen molar-refractivity contribution in [3.8, 4) is 5.75 Å². The van der Waals surface area contributed by atoms with E-state index in [9.17, 15) is 4.39 Å². The predicted molar refractivity (Wildman–Crippen MR) is 124 cm³/mol. The van der Waals surface area contributed by atoms with Gasteiger partial charge in [-0.1, -0.05) is 72.3 Å². The minimum absolute atomic E-state index is 0.264. The maximum atomic E-state index is 14.2. The number of hydrogen-bond acceptors (Lipinski definition) is 3. The molecule has 0 amide bonds. The van der Waals surface area contributed by atoms with Gasteiger partial charge in [-0.3, -0.25) is 4.90 Å². The Hall–Kier alpha value is -2.40. The summed E-state index contributed by atoms with van der Waals surface area (Å²) in [6, 6.07) is 24.8. The summed E-state index contributed by atoms with van der Waals surface area (Å²) in [6.45, 7) is 5.99. The van der Waals surface area contributed by atoms with Gasteiger partial charge in [-0.15, -0.1) is 0 Å². The summed E-state index contributed by atoms with van der Waals surface area (Å²) in [5, 5.41) is 0.650. The largest absolute Gasteiger partial charge is 0.483 e. The molecular formula is C26H28ClFN2O. The van der Waals surface area contributed by atoms with E-state index in [1.54, 1.807) is 18.2 Å². The first-order valence-corrected chi connectivity index (χ1v) is 11.2.